The zero-order chi connectivity index (χ0) is 21.4. The predicted octanol–water partition coefficient (Wildman–Crippen LogP) is -0.538. The maximum atomic E-state index is 12.8. The quantitative estimate of drug-likeness (QED) is 0.165. The average Bonchev–Trinajstić information content (AvgIpc) is 2.68. The molecule has 0 aliphatic carbocycles. The van der Waals surface area contributed by atoms with E-state index in [9.17, 15) is 19.6 Å². The maximum absolute atomic E-state index is 12.8. The van der Waals surface area contributed by atoms with Crippen molar-refractivity contribution >= 4 is 35.7 Å². The molecule has 0 aliphatic rings. The van der Waals surface area contributed by atoms with E-state index in [0.29, 0.717) is 18.5 Å². The summed E-state index contributed by atoms with van der Waals surface area (Å²) in [5, 5.41) is 23.2. The molecule has 0 aliphatic heterocycles. The molecule has 1 unspecified atom stereocenters. The highest BCUT2D eigenvalue weighted by molar-refractivity contribution is 6.43. The smallest absolute Gasteiger partial charge is 0.426 e. The lowest BCUT2D eigenvalue weighted by Gasteiger charge is -2.21. The Morgan fingerprint density at radius 3 is 2.55 bits per heavy atom. The maximum Gasteiger partial charge on any atom is 0.475 e. The highest BCUT2D eigenvalue weighted by Crippen LogP contribution is 2.19. The third-order valence-corrected chi connectivity index (χ3v) is 4.42. The number of amides is 2. The van der Waals surface area contributed by atoms with Gasteiger partial charge in [0.15, 0.2) is 5.96 Å². The van der Waals surface area contributed by atoms with Crippen LogP contribution in [0.25, 0.3) is 10.8 Å². The molecule has 0 aromatic heterocycles. The standard InChI is InChI=1S/C19H26BN5O4/c1-25(18(27)15-9-4-7-13-6-2-3-8-14(13)15)12-17(26)24-16(20(28)29)10-5-11-23-19(21)22/h2-4,6-9,16,28-29H,5,10-12H2,1H3,(H,24,26)(H4,21,22,23). The lowest BCUT2D eigenvalue weighted by atomic mass is 9.76. The summed E-state index contributed by atoms with van der Waals surface area (Å²) < 4.78 is 0. The number of aliphatic imine (C=N–C) groups is 1. The van der Waals surface area contributed by atoms with Gasteiger partial charge in [0.25, 0.3) is 5.91 Å². The third kappa shape index (κ3) is 6.47. The minimum absolute atomic E-state index is 0.0521. The fourth-order valence-electron chi connectivity index (χ4n) is 2.97. The molecule has 0 saturated carbocycles. The second kappa shape index (κ2) is 10.4. The molecule has 0 fully saturated rings. The van der Waals surface area contributed by atoms with E-state index in [1.807, 2.05) is 30.3 Å². The van der Waals surface area contributed by atoms with E-state index in [-0.39, 0.29) is 24.8 Å². The van der Waals surface area contributed by atoms with Crippen molar-refractivity contribution in [2.45, 2.75) is 18.8 Å². The number of carbonyl (C=O) groups excluding carboxylic acids is 2. The summed E-state index contributed by atoms with van der Waals surface area (Å²) in [5.74, 6) is -1.74. The Labute approximate surface area is 169 Å². The Kier molecular flexibility index (Phi) is 7.99. The highest BCUT2D eigenvalue weighted by Gasteiger charge is 2.26. The number of nitrogens with one attached hydrogen (secondary N) is 1. The van der Waals surface area contributed by atoms with Gasteiger partial charge < -0.3 is 31.7 Å². The number of hydrogen-bond acceptors (Lipinski definition) is 5. The van der Waals surface area contributed by atoms with Crippen molar-refractivity contribution in [2.75, 3.05) is 20.1 Å². The number of fused-ring (bicyclic) bond motifs is 1. The molecule has 154 valence electrons. The number of guanidine groups is 1. The molecule has 0 saturated heterocycles. The van der Waals surface area contributed by atoms with Crippen molar-refractivity contribution in [3.63, 3.8) is 0 Å². The van der Waals surface area contributed by atoms with E-state index in [1.54, 1.807) is 12.1 Å². The summed E-state index contributed by atoms with van der Waals surface area (Å²) in [6.45, 7) is 0.0834. The number of benzene rings is 2. The van der Waals surface area contributed by atoms with Crippen LogP contribution in [0.15, 0.2) is 47.5 Å². The summed E-state index contributed by atoms with van der Waals surface area (Å²) >= 11 is 0. The van der Waals surface area contributed by atoms with Crippen molar-refractivity contribution in [3.8, 4) is 0 Å². The van der Waals surface area contributed by atoms with Crippen LogP contribution in [0, 0.1) is 0 Å². The molecule has 7 N–H and O–H groups in total. The molecule has 0 spiro atoms. The van der Waals surface area contributed by atoms with Crippen molar-refractivity contribution in [1.82, 2.24) is 10.2 Å². The summed E-state index contributed by atoms with van der Waals surface area (Å²) in [7, 11) is -0.218. The average molecular weight is 399 g/mol. The summed E-state index contributed by atoms with van der Waals surface area (Å²) in [5.41, 5.74) is 11.0. The number of rotatable bonds is 9. The lowest BCUT2D eigenvalue weighted by Crippen LogP contribution is -2.49. The molecule has 0 heterocycles. The molecule has 2 aromatic rings. The second-order valence-electron chi connectivity index (χ2n) is 6.72. The Balaban J connectivity index is 1.97. The van der Waals surface area contributed by atoms with Gasteiger partial charge in [-0.2, -0.15) is 0 Å². The first-order valence-electron chi connectivity index (χ1n) is 9.23. The predicted molar refractivity (Wildman–Crippen MR) is 113 cm³/mol. The van der Waals surface area contributed by atoms with Crippen molar-refractivity contribution in [3.05, 3.63) is 48.0 Å². The van der Waals surface area contributed by atoms with Crippen LogP contribution in [0.1, 0.15) is 23.2 Å². The van der Waals surface area contributed by atoms with Crippen LogP contribution in [0.5, 0.6) is 0 Å². The fourth-order valence-corrected chi connectivity index (χ4v) is 2.97. The first-order chi connectivity index (χ1) is 13.8. The number of hydrogen-bond donors (Lipinski definition) is 5. The van der Waals surface area contributed by atoms with E-state index >= 15 is 0 Å². The molecule has 0 bridgehead atoms. The summed E-state index contributed by atoms with van der Waals surface area (Å²) in [6.07, 6.45) is 0.715. The van der Waals surface area contributed by atoms with Gasteiger partial charge >= 0.3 is 7.12 Å². The van der Waals surface area contributed by atoms with Gasteiger partial charge in [-0.25, -0.2) is 0 Å². The largest absolute Gasteiger partial charge is 0.475 e. The van der Waals surface area contributed by atoms with Crippen molar-refractivity contribution < 1.29 is 19.6 Å². The zero-order valence-corrected chi connectivity index (χ0v) is 16.3. The van der Waals surface area contributed by atoms with E-state index in [0.717, 1.165) is 10.8 Å². The van der Waals surface area contributed by atoms with Gasteiger partial charge in [-0.05, 0) is 29.7 Å². The first kappa shape index (κ1) is 22.2. The van der Waals surface area contributed by atoms with Gasteiger partial charge in [0, 0.05) is 19.2 Å². The van der Waals surface area contributed by atoms with Gasteiger partial charge in [0.05, 0.1) is 12.5 Å². The zero-order valence-electron chi connectivity index (χ0n) is 16.3. The first-order valence-corrected chi connectivity index (χ1v) is 9.23. The second-order valence-corrected chi connectivity index (χ2v) is 6.72. The summed E-state index contributed by atoms with van der Waals surface area (Å²) in [4.78, 5) is 30.2. The van der Waals surface area contributed by atoms with Gasteiger partial charge in [-0.3, -0.25) is 14.6 Å². The van der Waals surface area contributed by atoms with Gasteiger partial charge in [-0.15, -0.1) is 0 Å². The van der Waals surface area contributed by atoms with Crippen LogP contribution in [-0.4, -0.2) is 65.9 Å². The molecule has 29 heavy (non-hydrogen) atoms. The Morgan fingerprint density at radius 2 is 1.86 bits per heavy atom. The van der Waals surface area contributed by atoms with Crippen molar-refractivity contribution in [2.24, 2.45) is 16.5 Å². The topological polar surface area (TPSA) is 154 Å². The normalized spacial score (nSPS) is 11.6. The molecule has 2 rings (SSSR count). The Bertz CT molecular complexity index is 881. The van der Waals surface area contributed by atoms with Gasteiger partial charge in [-0.1, -0.05) is 36.4 Å². The number of nitrogens with zero attached hydrogens (tertiary/aromatic N) is 2. The van der Waals surface area contributed by atoms with Crippen LogP contribution in [-0.2, 0) is 4.79 Å². The molecule has 10 heteroatoms. The Hall–Kier alpha value is -3.11. The SMILES string of the molecule is CN(CC(=O)NC(CCCN=C(N)N)B(O)O)C(=O)c1cccc2ccccc12. The van der Waals surface area contributed by atoms with Crippen LogP contribution in [0.2, 0.25) is 0 Å². The van der Waals surface area contributed by atoms with Gasteiger partial charge in [0.2, 0.25) is 5.91 Å². The fraction of sp³-hybridized carbons (Fsp3) is 0.316. The van der Waals surface area contributed by atoms with E-state index < -0.39 is 19.0 Å². The number of carbonyl (C=O) groups is 2. The van der Waals surface area contributed by atoms with E-state index in [2.05, 4.69) is 10.3 Å². The number of nitrogens with two attached hydrogens (primary N) is 2. The number of likely N-dealkylation sites (N-methyl/N-ethyl adjacent to an activating group) is 1. The van der Waals surface area contributed by atoms with E-state index in [1.165, 1.54) is 11.9 Å². The van der Waals surface area contributed by atoms with Crippen LogP contribution in [0.3, 0.4) is 0 Å². The third-order valence-electron chi connectivity index (χ3n) is 4.42. The minimum atomic E-state index is -1.74. The lowest BCUT2D eigenvalue weighted by molar-refractivity contribution is -0.122. The molecule has 0 radical (unpaired) electrons. The molecule has 2 aromatic carbocycles. The molecule has 9 nitrogen and oxygen atoms in total. The van der Waals surface area contributed by atoms with E-state index in [4.69, 9.17) is 11.5 Å². The summed E-state index contributed by atoms with van der Waals surface area (Å²) in [6, 6.07) is 12.9. The van der Waals surface area contributed by atoms with Crippen molar-refractivity contribution in [1.29, 1.82) is 0 Å². The van der Waals surface area contributed by atoms with Crippen LogP contribution < -0.4 is 16.8 Å². The van der Waals surface area contributed by atoms with Gasteiger partial charge in [0.1, 0.15) is 0 Å². The Morgan fingerprint density at radius 1 is 1.17 bits per heavy atom. The monoisotopic (exact) mass is 399 g/mol. The van der Waals surface area contributed by atoms with Crippen LogP contribution >= 0.6 is 0 Å². The molecule has 2 amide bonds. The molecular formula is C19H26BN5O4. The molecular weight excluding hydrogens is 373 g/mol. The highest BCUT2D eigenvalue weighted by atomic mass is 16.4. The molecule has 1 atom stereocenters. The van der Waals surface area contributed by atoms with Crippen LogP contribution in [0.4, 0.5) is 0 Å². The minimum Gasteiger partial charge on any atom is -0.426 e.